The lowest BCUT2D eigenvalue weighted by atomic mass is 10.1. The lowest BCUT2D eigenvalue weighted by molar-refractivity contribution is -0.385. The fourth-order valence-corrected chi connectivity index (χ4v) is 3.04. The molecule has 29 heavy (non-hydrogen) atoms. The van der Waals surface area contributed by atoms with Crippen molar-refractivity contribution in [2.45, 2.75) is 19.9 Å². The summed E-state index contributed by atoms with van der Waals surface area (Å²) in [5, 5.41) is 14.1. The molecule has 1 amide bonds. The minimum atomic E-state index is -0.603. The zero-order valence-corrected chi connectivity index (χ0v) is 16.3. The number of aryl methyl sites for hydroxylation is 1. The third-order valence-electron chi connectivity index (χ3n) is 4.41. The van der Waals surface area contributed by atoms with Crippen LogP contribution in [0.5, 0.6) is 11.5 Å². The highest BCUT2D eigenvalue weighted by Crippen LogP contribution is 2.34. The van der Waals surface area contributed by atoms with E-state index in [1.165, 1.54) is 19.2 Å². The topological polar surface area (TPSA) is 109 Å². The third kappa shape index (κ3) is 4.45. The number of aromatic nitrogens is 2. The van der Waals surface area contributed by atoms with Crippen LogP contribution in [0.3, 0.4) is 0 Å². The molecule has 1 N–H and O–H groups in total. The number of imidazole rings is 1. The fourth-order valence-electron chi connectivity index (χ4n) is 3.04. The number of carbonyl (C=O) groups is 1. The van der Waals surface area contributed by atoms with Crippen molar-refractivity contribution in [3.8, 4) is 11.5 Å². The van der Waals surface area contributed by atoms with E-state index in [2.05, 4.69) is 10.3 Å². The van der Waals surface area contributed by atoms with Crippen molar-refractivity contribution in [2.24, 2.45) is 0 Å². The summed E-state index contributed by atoms with van der Waals surface area (Å²) in [6, 6.07) is 10.3. The fraction of sp³-hybridized carbons (Fsp3) is 0.300. The van der Waals surface area contributed by atoms with E-state index >= 15 is 0 Å². The molecule has 9 heteroatoms. The Morgan fingerprint density at radius 2 is 2.07 bits per heavy atom. The van der Waals surface area contributed by atoms with Crippen LogP contribution < -0.4 is 14.8 Å². The van der Waals surface area contributed by atoms with Gasteiger partial charge < -0.3 is 19.4 Å². The Hall–Kier alpha value is -3.62. The van der Waals surface area contributed by atoms with Crippen LogP contribution in [0.1, 0.15) is 23.7 Å². The molecular weight excluding hydrogens is 376 g/mol. The van der Waals surface area contributed by atoms with E-state index in [9.17, 15) is 14.9 Å². The average molecular weight is 398 g/mol. The number of hydrogen-bond acceptors (Lipinski definition) is 6. The molecule has 152 valence electrons. The number of carbonyl (C=O) groups excluding carboxylic acids is 1. The number of nitrogens with zero attached hydrogens (tertiary/aromatic N) is 3. The van der Waals surface area contributed by atoms with E-state index in [1.807, 2.05) is 28.8 Å². The minimum absolute atomic E-state index is 0.0663. The van der Waals surface area contributed by atoms with Gasteiger partial charge in [0, 0.05) is 19.2 Å². The second kappa shape index (κ2) is 9.05. The zero-order chi connectivity index (χ0) is 20.8. The molecule has 0 aliphatic rings. The van der Waals surface area contributed by atoms with Gasteiger partial charge in [0.25, 0.3) is 11.6 Å². The van der Waals surface area contributed by atoms with Crippen LogP contribution in [0.4, 0.5) is 5.69 Å². The highest BCUT2D eigenvalue weighted by Gasteiger charge is 2.24. The van der Waals surface area contributed by atoms with E-state index in [0.29, 0.717) is 26.1 Å². The van der Waals surface area contributed by atoms with Gasteiger partial charge in [0.05, 0.1) is 42.1 Å². The van der Waals surface area contributed by atoms with Gasteiger partial charge in [0.1, 0.15) is 5.56 Å². The molecule has 0 radical (unpaired) electrons. The largest absolute Gasteiger partial charge is 0.493 e. The first kappa shape index (κ1) is 20.1. The maximum absolute atomic E-state index is 12.5. The molecule has 0 spiro atoms. The predicted molar refractivity (Wildman–Crippen MR) is 108 cm³/mol. The molecule has 0 saturated heterocycles. The van der Waals surface area contributed by atoms with Crippen molar-refractivity contribution in [1.82, 2.24) is 14.9 Å². The molecule has 1 heterocycles. The molecule has 0 unspecified atom stereocenters. The van der Waals surface area contributed by atoms with Crippen molar-refractivity contribution < 1.29 is 19.2 Å². The maximum Gasteiger partial charge on any atom is 0.286 e. The summed E-state index contributed by atoms with van der Waals surface area (Å²) >= 11 is 0. The highest BCUT2D eigenvalue weighted by atomic mass is 16.6. The molecular formula is C20H22N4O5. The third-order valence-corrected chi connectivity index (χ3v) is 4.41. The average Bonchev–Trinajstić information content (AvgIpc) is 3.14. The molecule has 0 aliphatic carbocycles. The second-order valence-electron chi connectivity index (χ2n) is 6.25. The SMILES string of the molecule is CCOc1cc([N+](=O)[O-])c(C(=O)NCCCn2cnc3ccccc32)cc1OC. The number of nitrogens with one attached hydrogen (secondary N) is 1. The number of amides is 1. The first-order valence-electron chi connectivity index (χ1n) is 9.22. The zero-order valence-electron chi connectivity index (χ0n) is 16.3. The molecule has 0 bridgehead atoms. The van der Waals surface area contributed by atoms with E-state index in [0.717, 1.165) is 11.0 Å². The van der Waals surface area contributed by atoms with Crippen molar-refractivity contribution in [2.75, 3.05) is 20.3 Å². The van der Waals surface area contributed by atoms with Crippen LogP contribution >= 0.6 is 0 Å². The summed E-state index contributed by atoms with van der Waals surface area (Å²) in [4.78, 5) is 27.7. The van der Waals surface area contributed by atoms with Crippen LogP contribution in [0, 0.1) is 10.1 Å². The Balaban J connectivity index is 1.67. The molecule has 3 rings (SSSR count). The molecule has 9 nitrogen and oxygen atoms in total. The van der Waals surface area contributed by atoms with Gasteiger partial charge in [0.2, 0.25) is 0 Å². The van der Waals surface area contributed by atoms with Crippen LogP contribution in [0.25, 0.3) is 11.0 Å². The molecule has 2 aromatic carbocycles. The molecule has 0 saturated carbocycles. The van der Waals surface area contributed by atoms with Crippen molar-refractivity contribution >= 4 is 22.6 Å². The summed E-state index contributed by atoms with van der Waals surface area (Å²) in [5.41, 5.74) is 1.54. The van der Waals surface area contributed by atoms with Crippen LogP contribution in [0.15, 0.2) is 42.7 Å². The molecule has 1 aromatic heterocycles. The lowest BCUT2D eigenvalue weighted by Crippen LogP contribution is -2.26. The summed E-state index contributed by atoms with van der Waals surface area (Å²) in [5.74, 6) is -0.0359. The van der Waals surface area contributed by atoms with Crippen LogP contribution in [-0.2, 0) is 6.54 Å². The van der Waals surface area contributed by atoms with Gasteiger partial charge >= 0.3 is 0 Å². The van der Waals surface area contributed by atoms with E-state index in [4.69, 9.17) is 9.47 Å². The number of para-hydroxylation sites is 2. The number of rotatable bonds is 9. The summed E-state index contributed by atoms with van der Waals surface area (Å²) in [6.07, 6.45) is 2.41. The second-order valence-corrected chi connectivity index (χ2v) is 6.25. The molecule has 0 aliphatic heterocycles. The van der Waals surface area contributed by atoms with Crippen molar-refractivity contribution in [3.63, 3.8) is 0 Å². The Kier molecular flexibility index (Phi) is 6.28. The molecule has 0 fully saturated rings. The normalized spacial score (nSPS) is 10.7. The van der Waals surface area contributed by atoms with Crippen LogP contribution in [0.2, 0.25) is 0 Å². The number of methoxy groups -OCH3 is 1. The Morgan fingerprint density at radius 3 is 2.79 bits per heavy atom. The summed E-state index contributed by atoms with van der Waals surface area (Å²) in [6.45, 7) is 3.10. The predicted octanol–water partition coefficient (Wildman–Crippen LogP) is 3.17. The monoisotopic (exact) mass is 398 g/mol. The minimum Gasteiger partial charge on any atom is -0.493 e. The highest BCUT2D eigenvalue weighted by molar-refractivity contribution is 5.99. The number of benzene rings is 2. The van der Waals surface area contributed by atoms with Gasteiger partial charge in [0.15, 0.2) is 11.5 Å². The quantitative estimate of drug-likeness (QED) is 0.337. The molecule has 3 aromatic rings. The number of fused-ring (bicyclic) bond motifs is 1. The Labute approximate surface area is 167 Å². The summed E-state index contributed by atoms with van der Waals surface area (Å²) < 4.78 is 12.6. The number of nitro groups is 1. The van der Waals surface area contributed by atoms with E-state index < -0.39 is 10.8 Å². The van der Waals surface area contributed by atoms with Gasteiger partial charge in [-0.05, 0) is 25.5 Å². The van der Waals surface area contributed by atoms with E-state index in [-0.39, 0.29) is 22.7 Å². The maximum atomic E-state index is 12.5. The van der Waals surface area contributed by atoms with Crippen molar-refractivity contribution in [1.29, 1.82) is 0 Å². The van der Waals surface area contributed by atoms with Gasteiger partial charge in [-0.25, -0.2) is 4.98 Å². The smallest absolute Gasteiger partial charge is 0.286 e. The Morgan fingerprint density at radius 1 is 1.28 bits per heavy atom. The molecule has 0 atom stereocenters. The first-order chi connectivity index (χ1) is 14.0. The van der Waals surface area contributed by atoms with Gasteiger partial charge in [-0.1, -0.05) is 12.1 Å². The van der Waals surface area contributed by atoms with Gasteiger partial charge in [-0.15, -0.1) is 0 Å². The Bertz CT molecular complexity index is 1030. The number of ether oxygens (including phenoxy) is 2. The number of hydrogen-bond donors (Lipinski definition) is 1. The standard InChI is InChI=1S/C20H22N4O5/c1-3-29-19-12-17(24(26)27)14(11-18(19)28-2)20(25)21-9-6-10-23-13-22-15-7-4-5-8-16(15)23/h4-5,7-8,11-13H,3,6,9-10H2,1-2H3,(H,21,25). The van der Waals surface area contributed by atoms with Gasteiger partial charge in [-0.2, -0.15) is 0 Å². The van der Waals surface area contributed by atoms with E-state index in [1.54, 1.807) is 13.3 Å². The lowest BCUT2D eigenvalue weighted by Gasteiger charge is -2.12. The summed E-state index contributed by atoms with van der Waals surface area (Å²) in [7, 11) is 1.42. The number of nitro benzene ring substituents is 1. The first-order valence-corrected chi connectivity index (χ1v) is 9.22. The van der Waals surface area contributed by atoms with Gasteiger partial charge in [-0.3, -0.25) is 14.9 Å². The van der Waals surface area contributed by atoms with Crippen molar-refractivity contribution in [3.05, 3.63) is 58.4 Å². The van der Waals surface area contributed by atoms with Crippen LogP contribution in [-0.4, -0.2) is 40.6 Å².